The number of aromatic nitrogens is 4. The van der Waals surface area contributed by atoms with Gasteiger partial charge in [0.05, 0.1) is 31.2 Å². The fourth-order valence-corrected chi connectivity index (χ4v) is 4.01. The Balaban J connectivity index is 1.50. The van der Waals surface area contributed by atoms with E-state index in [9.17, 15) is 0 Å². The summed E-state index contributed by atoms with van der Waals surface area (Å²) in [6.45, 7) is 3.85. The number of benzene rings is 1. The molecule has 0 bridgehead atoms. The Morgan fingerprint density at radius 2 is 2.22 bits per heavy atom. The second kappa shape index (κ2) is 7.98. The number of aryl methyl sites for hydroxylation is 1. The van der Waals surface area contributed by atoms with Crippen molar-refractivity contribution in [1.82, 2.24) is 25.1 Å². The summed E-state index contributed by atoms with van der Waals surface area (Å²) in [6.07, 6.45) is 5.83. The second-order valence-electron chi connectivity index (χ2n) is 6.56. The maximum absolute atomic E-state index is 5.35. The van der Waals surface area contributed by atoms with Crippen molar-refractivity contribution in [3.8, 4) is 5.75 Å². The van der Waals surface area contributed by atoms with Gasteiger partial charge in [-0.1, -0.05) is 23.5 Å². The highest BCUT2D eigenvalue weighted by Gasteiger charge is 2.27. The lowest BCUT2D eigenvalue weighted by Gasteiger charge is -2.24. The molecule has 7 nitrogen and oxygen atoms in total. The first-order chi connectivity index (χ1) is 13.2. The molecule has 1 atom stereocenters. The summed E-state index contributed by atoms with van der Waals surface area (Å²) in [5.74, 6) is 1.60. The second-order valence-corrected chi connectivity index (χ2v) is 7.74. The molecule has 1 aliphatic rings. The zero-order valence-electron chi connectivity index (χ0n) is 15.4. The molecule has 1 N–H and O–H groups in total. The summed E-state index contributed by atoms with van der Waals surface area (Å²) in [4.78, 5) is 11.6. The van der Waals surface area contributed by atoms with Gasteiger partial charge in [0, 0.05) is 6.54 Å². The van der Waals surface area contributed by atoms with Crippen LogP contribution in [0.25, 0.3) is 0 Å². The van der Waals surface area contributed by atoms with Gasteiger partial charge >= 0.3 is 0 Å². The SMILES string of the molecule is COc1cccc(CN2CCC[C@H]2c2cncc(Nc3nnc(C)s3)n2)c1. The molecule has 3 heterocycles. The number of hydrogen-bond donors (Lipinski definition) is 1. The number of likely N-dealkylation sites (tertiary alicyclic amines) is 1. The van der Waals surface area contributed by atoms with Gasteiger partial charge in [-0.2, -0.15) is 0 Å². The van der Waals surface area contributed by atoms with E-state index in [1.807, 2.05) is 25.3 Å². The summed E-state index contributed by atoms with van der Waals surface area (Å²) in [7, 11) is 1.70. The smallest absolute Gasteiger partial charge is 0.211 e. The average Bonchev–Trinajstić information content (AvgIpc) is 3.31. The van der Waals surface area contributed by atoms with Crippen LogP contribution in [0, 0.1) is 6.92 Å². The number of nitrogens with zero attached hydrogens (tertiary/aromatic N) is 5. The van der Waals surface area contributed by atoms with E-state index in [1.165, 1.54) is 16.9 Å². The highest BCUT2D eigenvalue weighted by Crippen LogP contribution is 2.33. The molecule has 4 rings (SSSR count). The highest BCUT2D eigenvalue weighted by molar-refractivity contribution is 7.15. The third-order valence-corrected chi connectivity index (χ3v) is 5.39. The van der Waals surface area contributed by atoms with Crippen LogP contribution in [0.4, 0.5) is 10.9 Å². The van der Waals surface area contributed by atoms with Crippen LogP contribution in [-0.4, -0.2) is 38.7 Å². The Morgan fingerprint density at radius 1 is 1.30 bits per heavy atom. The third-order valence-electron chi connectivity index (χ3n) is 4.64. The topological polar surface area (TPSA) is 76.1 Å². The number of methoxy groups -OCH3 is 1. The van der Waals surface area contributed by atoms with Crippen molar-refractivity contribution in [3.63, 3.8) is 0 Å². The molecule has 1 fully saturated rings. The first-order valence-electron chi connectivity index (χ1n) is 8.97. The molecule has 0 amide bonds. The molecule has 0 radical (unpaired) electrons. The molecule has 1 aromatic carbocycles. The number of anilines is 2. The van der Waals surface area contributed by atoms with Gasteiger partial charge in [-0.3, -0.25) is 9.88 Å². The van der Waals surface area contributed by atoms with Crippen LogP contribution in [0.1, 0.15) is 35.1 Å². The van der Waals surface area contributed by atoms with Crippen LogP contribution in [-0.2, 0) is 6.54 Å². The fourth-order valence-electron chi connectivity index (χ4n) is 3.41. The van der Waals surface area contributed by atoms with Crippen LogP contribution >= 0.6 is 11.3 Å². The molecule has 8 heteroatoms. The summed E-state index contributed by atoms with van der Waals surface area (Å²) in [5.41, 5.74) is 2.23. The summed E-state index contributed by atoms with van der Waals surface area (Å²) in [5, 5.41) is 13.0. The van der Waals surface area contributed by atoms with Gasteiger partial charge in [-0.25, -0.2) is 4.98 Å². The molecule has 0 saturated carbocycles. The number of rotatable bonds is 6. The fraction of sp³-hybridized carbons (Fsp3) is 0.368. The van der Waals surface area contributed by atoms with Crippen molar-refractivity contribution < 1.29 is 4.74 Å². The molecule has 0 spiro atoms. The largest absolute Gasteiger partial charge is 0.497 e. The Labute approximate surface area is 162 Å². The molecule has 2 aromatic heterocycles. The van der Waals surface area contributed by atoms with Crippen LogP contribution in [0.3, 0.4) is 0 Å². The van der Waals surface area contributed by atoms with Crippen molar-refractivity contribution in [1.29, 1.82) is 0 Å². The summed E-state index contributed by atoms with van der Waals surface area (Å²) in [6, 6.07) is 8.51. The lowest BCUT2D eigenvalue weighted by molar-refractivity contribution is 0.244. The minimum atomic E-state index is 0.265. The van der Waals surface area contributed by atoms with Gasteiger partial charge in [-0.15, -0.1) is 10.2 Å². The molecule has 27 heavy (non-hydrogen) atoms. The van der Waals surface area contributed by atoms with Crippen molar-refractivity contribution in [3.05, 3.63) is 52.9 Å². The molecule has 1 saturated heterocycles. The van der Waals surface area contributed by atoms with Crippen LogP contribution in [0.15, 0.2) is 36.7 Å². The summed E-state index contributed by atoms with van der Waals surface area (Å²) < 4.78 is 5.35. The number of hydrogen-bond acceptors (Lipinski definition) is 8. The third kappa shape index (κ3) is 4.23. The van der Waals surface area contributed by atoms with Crippen LogP contribution in [0.5, 0.6) is 5.75 Å². The van der Waals surface area contributed by atoms with Gasteiger partial charge in [-0.05, 0) is 44.0 Å². The minimum Gasteiger partial charge on any atom is -0.497 e. The monoisotopic (exact) mass is 382 g/mol. The van der Waals surface area contributed by atoms with Gasteiger partial charge in [0.15, 0.2) is 5.82 Å². The quantitative estimate of drug-likeness (QED) is 0.696. The lowest BCUT2D eigenvalue weighted by Crippen LogP contribution is -2.23. The van der Waals surface area contributed by atoms with Gasteiger partial charge in [0.25, 0.3) is 0 Å². The first kappa shape index (κ1) is 17.8. The van der Waals surface area contributed by atoms with Gasteiger partial charge in [0.2, 0.25) is 5.13 Å². The maximum Gasteiger partial charge on any atom is 0.211 e. The Kier molecular flexibility index (Phi) is 5.26. The molecule has 0 aliphatic carbocycles. The Bertz CT molecular complexity index is 914. The van der Waals surface area contributed by atoms with Gasteiger partial charge < -0.3 is 10.1 Å². The molecular formula is C19H22N6OS. The van der Waals surface area contributed by atoms with E-state index >= 15 is 0 Å². The van der Waals surface area contributed by atoms with E-state index in [4.69, 9.17) is 9.72 Å². The van der Waals surface area contributed by atoms with E-state index in [-0.39, 0.29) is 6.04 Å². The van der Waals surface area contributed by atoms with E-state index in [0.29, 0.717) is 5.82 Å². The molecule has 3 aromatic rings. The van der Waals surface area contributed by atoms with Gasteiger partial charge in [0.1, 0.15) is 10.8 Å². The lowest BCUT2D eigenvalue weighted by atomic mass is 10.1. The Morgan fingerprint density at radius 3 is 3.04 bits per heavy atom. The van der Waals surface area contributed by atoms with E-state index in [1.54, 1.807) is 13.3 Å². The zero-order chi connectivity index (χ0) is 18.6. The predicted molar refractivity (Wildman–Crippen MR) is 105 cm³/mol. The number of ether oxygens (including phenoxy) is 1. The number of nitrogens with one attached hydrogen (secondary N) is 1. The minimum absolute atomic E-state index is 0.265. The summed E-state index contributed by atoms with van der Waals surface area (Å²) >= 11 is 1.50. The van der Waals surface area contributed by atoms with E-state index in [0.717, 1.165) is 47.5 Å². The van der Waals surface area contributed by atoms with E-state index in [2.05, 4.69) is 37.5 Å². The molecular weight excluding hydrogens is 360 g/mol. The predicted octanol–water partition coefficient (Wildman–Crippen LogP) is 3.73. The first-order valence-corrected chi connectivity index (χ1v) is 9.79. The zero-order valence-corrected chi connectivity index (χ0v) is 16.2. The normalized spacial score (nSPS) is 17.2. The van der Waals surface area contributed by atoms with Crippen LogP contribution in [0.2, 0.25) is 0 Å². The average molecular weight is 382 g/mol. The molecule has 0 unspecified atom stereocenters. The molecule has 1 aliphatic heterocycles. The van der Waals surface area contributed by atoms with Crippen molar-refractivity contribution in [2.45, 2.75) is 32.4 Å². The highest BCUT2D eigenvalue weighted by atomic mass is 32.1. The molecule has 140 valence electrons. The Hall–Kier alpha value is -2.58. The van der Waals surface area contributed by atoms with Crippen LogP contribution < -0.4 is 10.1 Å². The van der Waals surface area contributed by atoms with E-state index < -0.39 is 0 Å². The van der Waals surface area contributed by atoms with Crippen molar-refractivity contribution in [2.75, 3.05) is 19.0 Å². The van der Waals surface area contributed by atoms with Crippen molar-refractivity contribution in [2.24, 2.45) is 0 Å². The maximum atomic E-state index is 5.35. The van der Waals surface area contributed by atoms with Crippen molar-refractivity contribution >= 4 is 22.3 Å². The standard InChI is InChI=1S/C19H22N6OS/c1-13-23-24-19(27-13)22-18-11-20-10-16(21-18)17-7-4-8-25(17)12-14-5-3-6-15(9-14)26-2/h3,5-6,9-11,17H,4,7-8,12H2,1-2H3,(H,21,22,24)/t17-/m0/s1.